The minimum absolute atomic E-state index is 0.129. The highest BCUT2D eigenvalue weighted by molar-refractivity contribution is 7.60. The topological polar surface area (TPSA) is 86.6 Å². The molecule has 0 unspecified atom stereocenters. The zero-order chi connectivity index (χ0) is 21.5. The van der Waals surface area contributed by atoms with Crippen LogP contribution in [0.15, 0.2) is 36.4 Å². The predicted octanol–water partition coefficient (Wildman–Crippen LogP) is 4.43. The Balaban J connectivity index is 2.53. The predicted molar refractivity (Wildman–Crippen MR) is 87.5 cm³/mol. The molecule has 0 aliphatic carbocycles. The lowest BCUT2D eigenvalue weighted by atomic mass is 10.1. The van der Waals surface area contributed by atoms with Gasteiger partial charge in [0.05, 0.1) is 22.0 Å². The Bertz CT molecular complexity index is 938. The van der Waals surface area contributed by atoms with Crippen molar-refractivity contribution in [2.24, 2.45) is 0 Å². The lowest BCUT2D eigenvalue weighted by Gasteiger charge is -2.16. The summed E-state index contributed by atoms with van der Waals surface area (Å²) >= 11 is 5.65. The molecule has 0 bridgehead atoms. The van der Waals surface area contributed by atoms with Crippen molar-refractivity contribution in [1.29, 1.82) is 0 Å². The van der Waals surface area contributed by atoms with Crippen LogP contribution in [-0.4, -0.2) is 15.7 Å². The van der Waals surface area contributed by atoms with E-state index in [0.29, 0.717) is 0 Å². The van der Waals surface area contributed by atoms with Crippen molar-refractivity contribution in [3.8, 4) is 0 Å². The second-order valence-electron chi connectivity index (χ2n) is 5.45. The van der Waals surface area contributed by atoms with Gasteiger partial charge in [-0.15, -0.1) is 0 Å². The van der Waals surface area contributed by atoms with Crippen LogP contribution in [0, 0.1) is 0 Å². The average molecular weight is 448 g/mol. The second-order valence-corrected chi connectivity index (χ2v) is 7.46. The molecule has 0 saturated carbocycles. The Labute approximate surface area is 158 Å². The normalized spacial score (nSPS) is 12.8. The summed E-state index contributed by atoms with van der Waals surface area (Å²) in [4.78, 5) is 30.8. The van der Waals surface area contributed by atoms with Crippen molar-refractivity contribution in [2.75, 3.05) is 5.32 Å². The SMILES string of the molecule is O=C(Nc1cc(C(F)(F)F)cc(C(F)(F)F)c1)c1cc(Cl)ccc1P(=O)(O)O. The quantitative estimate of drug-likeness (QED) is 0.480. The molecule has 0 heterocycles. The molecule has 0 atom stereocenters. The first-order valence-corrected chi connectivity index (χ1v) is 9.04. The average Bonchev–Trinajstić information content (AvgIpc) is 2.51. The zero-order valence-corrected chi connectivity index (χ0v) is 14.9. The van der Waals surface area contributed by atoms with Gasteiger partial charge in [0, 0.05) is 10.7 Å². The van der Waals surface area contributed by atoms with Crippen LogP contribution >= 0.6 is 19.2 Å². The van der Waals surface area contributed by atoms with E-state index in [1.54, 1.807) is 5.32 Å². The molecule has 28 heavy (non-hydrogen) atoms. The summed E-state index contributed by atoms with van der Waals surface area (Å²) in [5.74, 6) is -1.35. The number of rotatable bonds is 3. The highest BCUT2D eigenvalue weighted by Gasteiger charge is 2.37. The molecule has 0 spiro atoms. The molecule has 2 aromatic carbocycles. The molecule has 1 amide bonds. The first-order chi connectivity index (χ1) is 12.6. The molecule has 2 aromatic rings. The maximum absolute atomic E-state index is 12.9. The van der Waals surface area contributed by atoms with Gasteiger partial charge < -0.3 is 15.1 Å². The van der Waals surface area contributed by atoms with Gasteiger partial charge in [0.1, 0.15) is 0 Å². The highest BCUT2D eigenvalue weighted by atomic mass is 35.5. The number of halogens is 7. The molecule has 13 heteroatoms. The number of carbonyl (C=O) groups is 1. The maximum Gasteiger partial charge on any atom is 0.416 e. The Morgan fingerprint density at radius 1 is 0.929 bits per heavy atom. The molecular formula is C15H9ClF6NO4P. The largest absolute Gasteiger partial charge is 0.416 e. The summed E-state index contributed by atoms with van der Waals surface area (Å²) in [7, 11) is -4.99. The fourth-order valence-electron chi connectivity index (χ4n) is 2.17. The summed E-state index contributed by atoms with van der Waals surface area (Å²) in [6.07, 6.45) is -10.3. The van der Waals surface area contributed by atoms with E-state index in [1.165, 1.54) is 0 Å². The number of alkyl halides is 6. The van der Waals surface area contributed by atoms with Crippen molar-refractivity contribution in [3.05, 3.63) is 58.1 Å². The Morgan fingerprint density at radius 3 is 1.86 bits per heavy atom. The van der Waals surface area contributed by atoms with Gasteiger partial charge in [-0.25, -0.2) is 0 Å². The number of carbonyl (C=O) groups excluding carboxylic acids is 1. The van der Waals surface area contributed by atoms with Crippen molar-refractivity contribution in [1.82, 2.24) is 0 Å². The van der Waals surface area contributed by atoms with Crippen molar-refractivity contribution in [3.63, 3.8) is 0 Å². The smallest absolute Gasteiger partial charge is 0.322 e. The monoisotopic (exact) mass is 447 g/mol. The molecule has 0 aliphatic rings. The number of hydrogen-bond acceptors (Lipinski definition) is 2. The third-order valence-corrected chi connectivity index (χ3v) is 4.62. The van der Waals surface area contributed by atoms with Gasteiger partial charge >= 0.3 is 19.9 Å². The van der Waals surface area contributed by atoms with E-state index in [0.717, 1.165) is 18.2 Å². The number of benzene rings is 2. The summed E-state index contributed by atoms with van der Waals surface area (Å²) in [5.41, 5.74) is -4.91. The number of nitrogens with one attached hydrogen (secondary N) is 1. The molecule has 0 radical (unpaired) electrons. The third kappa shape index (κ3) is 5.26. The van der Waals surface area contributed by atoms with Crippen LogP contribution in [0.1, 0.15) is 21.5 Å². The van der Waals surface area contributed by atoms with Gasteiger partial charge in [-0.3, -0.25) is 9.36 Å². The Kier molecular flexibility index (Phi) is 5.87. The Morgan fingerprint density at radius 2 is 1.43 bits per heavy atom. The molecule has 0 aromatic heterocycles. The van der Waals surface area contributed by atoms with Gasteiger partial charge in [0.25, 0.3) is 5.91 Å². The number of hydrogen-bond donors (Lipinski definition) is 3. The van der Waals surface area contributed by atoms with Gasteiger partial charge in [-0.05, 0) is 36.4 Å². The summed E-state index contributed by atoms with van der Waals surface area (Å²) < 4.78 is 88.7. The highest BCUT2D eigenvalue weighted by Crippen LogP contribution is 2.38. The van der Waals surface area contributed by atoms with Crippen LogP contribution in [0.25, 0.3) is 0 Å². The summed E-state index contributed by atoms with van der Waals surface area (Å²) in [6.45, 7) is 0. The van der Waals surface area contributed by atoms with Crippen LogP contribution in [0.4, 0.5) is 32.0 Å². The fraction of sp³-hybridized carbons (Fsp3) is 0.133. The minimum Gasteiger partial charge on any atom is -0.322 e. The molecule has 3 N–H and O–H groups in total. The van der Waals surface area contributed by atoms with Crippen molar-refractivity contribution < 1.29 is 45.5 Å². The fourth-order valence-corrected chi connectivity index (χ4v) is 3.09. The van der Waals surface area contributed by atoms with E-state index in [4.69, 9.17) is 11.6 Å². The maximum atomic E-state index is 12.9. The van der Waals surface area contributed by atoms with Crippen LogP contribution in [-0.2, 0) is 16.9 Å². The molecule has 152 valence electrons. The van der Waals surface area contributed by atoms with E-state index < -0.39 is 53.5 Å². The van der Waals surface area contributed by atoms with Gasteiger partial charge in [-0.1, -0.05) is 11.6 Å². The summed E-state index contributed by atoms with van der Waals surface area (Å²) in [6, 6.07) is 3.09. The van der Waals surface area contributed by atoms with E-state index >= 15 is 0 Å². The van der Waals surface area contributed by atoms with E-state index in [2.05, 4.69) is 0 Å². The van der Waals surface area contributed by atoms with E-state index in [-0.39, 0.29) is 23.2 Å². The number of anilines is 1. The van der Waals surface area contributed by atoms with Crippen molar-refractivity contribution in [2.45, 2.75) is 12.4 Å². The molecular weight excluding hydrogens is 439 g/mol. The van der Waals surface area contributed by atoms with E-state index in [1.807, 2.05) is 0 Å². The van der Waals surface area contributed by atoms with E-state index in [9.17, 15) is 45.5 Å². The third-order valence-electron chi connectivity index (χ3n) is 3.36. The van der Waals surface area contributed by atoms with Gasteiger partial charge in [-0.2, -0.15) is 26.3 Å². The summed E-state index contributed by atoms with van der Waals surface area (Å²) in [5, 5.41) is 0.851. The van der Waals surface area contributed by atoms with Crippen LogP contribution in [0.5, 0.6) is 0 Å². The zero-order valence-electron chi connectivity index (χ0n) is 13.3. The van der Waals surface area contributed by atoms with Crippen LogP contribution in [0.2, 0.25) is 5.02 Å². The molecule has 5 nitrogen and oxygen atoms in total. The number of amides is 1. The Hall–Kier alpha value is -2.07. The lowest BCUT2D eigenvalue weighted by molar-refractivity contribution is -0.143. The minimum atomic E-state index is -5.13. The standard InChI is InChI=1S/C15H9ClF6NO4P/c16-9-1-2-12(28(25,26)27)11(6-9)13(24)23-10-4-7(14(17,18)19)3-8(5-10)15(20,21)22/h1-6H,(H,23,24)(H2,25,26,27). The van der Waals surface area contributed by atoms with Crippen LogP contribution < -0.4 is 10.6 Å². The van der Waals surface area contributed by atoms with Gasteiger partial charge in [0.15, 0.2) is 0 Å². The van der Waals surface area contributed by atoms with Crippen molar-refractivity contribution >= 4 is 36.1 Å². The second kappa shape index (κ2) is 7.40. The van der Waals surface area contributed by atoms with Gasteiger partial charge in [0.2, 0.25) is 0 Å². The molecule has 0 aliphatic heterocycles. The van der Waals surface area contributed by atoms with Crippen LogP contribution in [0.3, 0.4) is 0 Å². The lowest BCUT2D eigenvalue weighted by Crippen LogP contribution is -2.22. The first-order valence-electron chi connectivity index (χ1n) is 7.05. The first kappa shape index (κ1) is 22.2. The molecule has 2 rings (SSSR count). The molecule has 0 saturated heterocycles. The molecule has 0 fully saturated rings.